The number of rotatable bonds is 4. The van der Waals surface area contributed by atoms with E-state index in [9.17, 15) is 27.3 Å². The maximum Gasteiger partial charge on any atom is 0.320 e. The van der Waals surface area contributed by atoms with E-state index in [-0.39, 0.29) is 0 Å². The molecule has 0 aliphatic rings. The van der Waals surface area contributed by atoms with E-state index in [0.29, 0.717) is 6.20 Å². The van der Waals surface area contributed by atoms with Crippen LogP contribution in [-0.2, 0) is 9.05 Å². The normalized spacial score (nSPS) is 11.6. The average Bonchev–Trinajstić information content (AvgIpc) is 2.25. The van der Waals surface area contributed by atoms with Crippen molar-refractivity contribution in [1.29, 1.82) is 0 Å². The third kappa shape index (κ3) is 2.64. The quantitative estimate of drug-likeness (QED) is 0.478. The van der Waals surface area contributed by atoms with Crippen LogP contribution < -0.4 is 4.74 Å². The van der Waals surface area contributed by atoms with Crippen molar-refractivity contribution in [3.8, 4) is 5.75 Å². The number of ether oxygens (including phenoxy) is 1. The minimum absolute atomic E-state index is 0.582. The number of alkyl halides is 2. The summed E-state index contributed by atoms with van der Waals surface area (Å²) in [6.07, 6.45) is -2.70. The zero-order chi connectivity index (χ0) is 14.1. The summed E-state index contributed by atoms with van der Waals surface area (Å²) < 4.78 is 52.1. The molecule has 0 amide bonds. The van der Waals surface area contributed by atoms with Gasteiger partial charge in [0, 0.05) is 10.7 Å². The summed E-state index contributed by atoms with van der Waals surface area (Å²) in [4.78, 5) is 11.4. The standard InChI is InChI=1S/C7H5ClF2N2O5S/c1-17-3-2-11-4(7(9)10)5(12(13)14)6(3)18(8,15)16/h2,7H,1H3. The van der Waals surface area contributed by atoms with E-state index in [4.69, 9.17) is 10.7 Å². The Balaban J connectivity index is 3.83. The first kappa shape index (κ1) is 14.5. The molecule has 0 spiro atoms. The maximum atomic E-state index is 12.5. The fourth-order valence-electron chi connectivity index (χ4n) is 1.20. The smallest absolute Gasteiger partial charge is 0.320 e. The first-order valence-corrected chi connectivity index (χ1v) is 6.45. The van der Waals surface area contributed by atoms with Crippen molar-refractivity contribution >= 4 is 25.4 Å². The molecule has 1 aromatic heterocycles. The van der Waals surface area contributed by atoms with Crippen molar-refractivity contribution in [2.75, 3.05) is 7.11 Å². The number of hydrogen-bond acceptors (Lipinski definition) is 6. The minimum Gasteiger partial charge on any atom is -0.493 e. The molecule has 0 aliphatic carbocycles. The van der Waals surface area contributed by atoms with Crippen LogP contribution in [0.2, 0.25) is 0 Å². The van der Waals surface area contributed by atoms with E-state index in [1.54, 1.807) is 0 Å². The van der Waals surface area contributed by atoms with Gasteiger partial charge in [0.05, 0.1) is 18.2 Å². The fraction of sp³-hybridized carbons (Fsp3) is 0.286. The lowest BCUT2D eigenvalue weighted by Gasteiger charge is -2.08. The molecule has 0 atom stereocenters. The molecule has 7 nitrogen and oxygen atoms in total. The summed E-state index contributed by atoms with van der Waals surface area (Å²) in [6, 6.07) is 0. The largest absolute Gasteiger partial charge is 0.493 e. The van der Waals surface area contributed by atoms with Crippen molar-refractivity contribution in [2.45, 2.75) is 11.3 Å². The zero-order valence-corrected chi connectivity index (χ0v) is 10.2. The molecule has 18 heavy (non-hydrogen) atoms. The van der Waals surface area contributed by atoms with Gasteiger partial charge in [0.2, 0.25) is 4.90 Å². The van der Waals surface area contributed by atoms with Crippen LogP contribution in [0.25, 0.3) is 0 Å². The first-order valence-electron chi connectivity index (χ1n) is 4.14. The third-order valence-corrected chi connectivity index (χ3v) is 3.20. The Kier molecular flexibility index (Phi) is 4.02. The lowest BCUT2D eigenvalue weighted by atomic mass is 10.3. The highest BCUT2D eigenvalue weighted by Gasteiger charge is 2.36. The Labute approximate surface area is 104 Å². The SMILES string of the molecule is COc1cnc(C(F)F)c([N+](=O)[O-])c1S(=O)(=O)Cl. The highest BCUT2D eigenvalue weighted by molar-refractivity contribution is 8.14. The number of pyridine rings is 1. The molecular weight excluding hydrogens is 298 g/mol. The Morgan fingerprint density at radius 2 is 2.11 bits per heavy atom. The molecule has 0 bridgehead atoms. The van der Waals surface area contributed by atoms with E-state index >= 15 is 0 Å². The topological polar surface area (TPSA) is 99.4 Å². The first-order chi connectivity index (χ1) is 8.20. The van der Waals surface area contributed by atoms with Gasteiger partial charge in [0.25, 0.3) is 15.5 Å². The average molecular weight is 303 g/mol. The number of nitrogens with zero attached hydrogens (tertiary/aromatic N) is 2. The molecule has 0 saturated heterocycles. The van der Waals surface area contributed by atoms with Gasteiger partial charge < -0.3 is 4.74 Å². The number of methoxy groups -OCH3 is 1. The van der Waals surface area contributed by atoms with Gasteiger partial charge >= 0.3 is 5.69 Å². The highest BCUT2D eigenvalue weighted by atomic mass is 35.7. The van der Waals surface area contributed by atoms with Crippen molar-refractivity contribution in [1.82, 2.24) is 4.98 Å². The second kappa shape index (κ2) is 4.98. The minimum atomic E-state index is -4.65. The van der Waals surface area contributed by atoms with Crippen molar-refractivity contribution < 1.29 is 26.9 Å². The van der Waals surface area contributed by atoms with Gasteiger partial charge in [-0.25, -0.2) is 22.2 Å². The molecule has 11 heteroatoms. The number of hydrogen-bond donors (Lipinski definition) is 0. The van der Waals surface area contributed by atoms with Crippen molar-refractivity contribution in [2.24, 2.45) is 0 Å². The monoisotopic (exact) mass is 302 g/mol. The molecule has 0 saturated carbocycles. The van der Waals surface area contributed by atoms with Crippen LogP contribution in [0.5, 0.6) is 5.75 Å². The molecule has 0 N–H and O–H groups in total. The lowest BCUT2D eigenvalue weighted by Crippen LogP contribution is -2.07. The predicted octanol–water partition coefficient (Wildman–Crippen LogP) is 1.86. The number of aromatic nitrogens is 1. The van der Waals surface area contributed by atoms with Gasteiger partial charge in [0.15, 0.2) is 11.4 Å². The van der Waals surface area contributed by atoms with Crippen LogP contribution in [0.15, 0.2) is 11.1 Å². The second-order valence-electron chi connectivity index (χ2n) is 2.89. The Hall–Kier alpha value is -1.55. The van der Waals surface area contributed by atoms with E-state index in [1.165, 1.54) is 0 Å². The molecule has 0 aromatic carbocycles. The van der Waals surface area contributed by atoms with E-state index in [1.807, 2.05) is 0 Å². The number of nitro groups is 1. The predicted molar refractivity (Wildman–Crippen MR) is 55.4 cm³/mol. The van der Waals surface area contributed by atoms with Crippen LogP contribution in [0.3, 0.4) is 0 Å². The van der Waals surface area contributed by atoms with Gasteiger partial charge in [-0.05, 0) is 0 Å². The summed E-state index contributed by atoms with van der Waals surface area (Å²) in [6.45, 7) is 0. The van der Waals surface area contributed by atoms with E-state index in [0.717, 1.165) is 7.11 Å². The summed E-state index contributed by atoms with van der Waals surface area (Å²) in [5.74, 6) is -0.582. The molecule has 1 heterocycles. The third-order valence-electron chi connectivity index (χ3n) is 1.86. The van der Waals surface area contributed by atoms with Gasteiger partial charge in [-0.2, -0.15) is 0 Å². The molecule has 1 aromatic rings. The van der Waals surface area contributed by atoms with Gasteiger partial charge in [0.1, 0.15) is 0 Å². The lowest BCUT2D eigenvalue weighted by molar-refractivity contribution is -0.389. The summed E-state index contributed by atoms with van der Waals surface area (Å²) in [7, 11) is 1.33. The zero-order valence-electron chi connectivity index (χ0n) is 8.63. The Morgan fingerprint density at radius 3 is 2.44 bits per heavy atom. The molecule has 1 rings (SSSR count). The maximum absolute atomic E-state index is 12.5. The van der Waals surface area contributed by atoms with Gasteiger partial charge in [-0.1, -0.05) is 0 Å². The van der Waals surface area contributed by atoms with Crippen LogP contribution in [0, 0.1) is 10.1 Å². The van der Waals surface area contributed by atoms with Crippen LogP contribution in [0.4, 0.5) is 14.5 Å². The summed E-state index contributed by atoms with van der Waals surface area (Å²) in [5.41, 5.74) is -2.68. The molecule has 0 aliphatic heterocycles. The van der Waals surface area contributed by atoms with Crippen LogP contribution in [0.1, 0.15) is 12.1 Å². The molecule has 100 valence electrons. The molecule has 0 unspecified atom stereocenters. The van der Waals surface area contributed by atoms with Crippen LogP contribution in [-0.4, -0.2) is 25.4 Å². The Bertz CT molecular complexity index is 592. The van der Waals surface area contributed by atoms with Crippen molar-refractivity contribution in [3.05, 3.63) is 22.0 Å². The number of halogens is 3. The highest BCUT2D eigenvalue weighted by Crippen LogP contribution is 2.39. The molecular formula is C7H5ClF2N2O5S. The van der Waals surface area contributed by atoms with Gasteiger partial charge in [-0.3, -0.25) is 10.1 Å². The Morgan fingerprint density at radius 1 is 1.56 bits per heavy atom. The van der Waals surface area contributed by atoms with Crippen LogP contribution >= 0.6 is 10.7 Å². The summed E-state index contributed by atoms with van der Waals surface area (Å²) >= 11 is 0. The summed E-state index contributed by atoms with van der Waals surface area (Å²) in [5, 5.41) is 10.7. The molecule has 0 radical (unpaired) electrons. The second-order valence-corrected chi connectivity index (χ2v) is 5.39. The fourth-order valence-corrected chi connectivity index (χ4v) is 2.43. The van der Waals surface area contributed by atoms with Gasteiger partial charge in [-0.15, -0.1) is 0 Å². The van der Waals surface area contributed by atoms with Crippen molar-refractivity contribution in [3.63, 3.8) is 0 Å². The molecule has 0 fully saturated rings. The van der Waals surface area contributed by atoms with E-state index < -0.39 is 42.4 Å². The van der Waals surface area contributed by atoms with E-state index in [2.05, 4.69) is 9.72 Å².